The van der Waals surface area contributed by atoms with E-state index in [1.165, 1.54) is 17.3 Å². The summed E-state index contributed by atoms with van der Waals surface area (Å²) in [7, 11) is 1.95. The number of aliphatic hydroxyl groups excluding tert-OH is 1. The van der Waals surface area contributed by atoms with Gasteiger partial charge in [0.2, 0.25) is 0 Å². The Balaban J connectivity index is 1.25. The highest BCUT2D eigenvalue weighted by atomic mass is 32.2. The molecule has 192 valence electrons. The minimum atomic E-state index is -1.44. The van der Waals surface area contributed by atoms with Crippen molar-refractivity contribution in [3.05, 3.63) is 35.9 Å². The minimum Gasteiger partial charge on any atom is -0.393 e. The quantitative estimate of drug-likeness (QED) is 0.592. The van der Waals surface area contributed by atoms with Gasteiger partial charge in [0.05, 0.1) is 22.9 Å². The number of hydrogen-bond acceptors (Lipinski definition) is 6. The van der Waals surface area contributed by atoms with Crippen molar-refractivity contribution in [3.63, 3.8) is 0 Å². The number of nitrogens with zero attached hydrogens (tertiary/aromatic N) is 2. The molecule has 0 aliphatic heterocycles. The number of aryl methyl sites for hydroxylation is 1. The number of benzene rings is 1. The fourth-order valence-corrected chi connectivity index (χ4v) is 9.61. The van der Waals surface area contributed by atoms with Crippen LogP contribution in [-0.2, 0) is 16.6 Å². The molecule has 0 bridgehead atoms. The monoisotopic (exact) mass is 508 g/mol. The number of aliphatic hydroxyl groups is 2. The first-order valence-electron chi connectivity index (χ1n) is 13.3. The molecule has 1 aromatic carbocycles. The van der Waals surface area contributed by atoms with Gasteiger partial charge in [0.1, 0.15) is 5.60 Å². The summed E-state index contributed by atoms with van der Waals surface area (Å²) in [5.74, 6) is 0.735. The first-order valence-corrected chi connectivity index (χ1v) is 14.3. The summed E-state index contributed by atoms with van der Waals surface area (Å²) in [6.45, 7) is 4.27. The fourth-order valence-electron chi connectivity index (χ4n) is 8.65. The van der Waals surface area contributed by atoms with Crippen molar-refractivity contribution in [2.45, 2.75) is 75.7 Å². The molecule has 0 saturated heterocycles. The topological polar surface area (TPSA) is 92.4 Å². The van der Waals surface area contributed by atoms with E-state index in [9.17, 15) is 19.8 Å². The highest BCUT2D eigenvalue weighted by Gasteiger charge is 2.68. The maximum atomic E-state index is 13.7. The molecule has 6 nitrogen and oxygen atoms in total. The Hall–Kier alpha value is -1.96. The number of ketones is 2. The molecule has 0 radical (unpaired) electrons. The number of hydrogen-bond donors (Lipinski definition) is 2. The fraction of sp³-hybridized carbons (Fsp3) is 0.621. The van der Waals surface area contributed by atoms with Crippen LogP contribution in [0.3, 0.4) is 0 Å². The maximum absolute atomic E-state index is 13.7. The van der Waals surface area contributed by atoms with Crippen molar-refractivity contribution < 1.29 is 19.8 Å². The number of allylic oxidation sites excluding steroid dienone is 1. The summed E-state index contributed by atoms with van der Waals surface area (Å²) in [6.07, 6.45) is 6.04. The van der Waals surface area contributed by atoms with Gasteiger partial charge >= 0.3 is 0 Å². The smallest absolute Gasteiger partial charge is 0.175 e. The lowest BCUT2D eigenvalue weighted by Crippen LogP contribution is -2.61. The van der Waals surface area contributed by atoms with Gasteiger partial charge in [-0.3, -0.25) is 9.59 Å². The lowest BCUT2D eigenvalue weighted by atomic mass is 9.45. The first kappa shape index (κ1) is 24.4. The van der Waals surface area contributed by atoms with Crippen LogP contribution in [0, 0.1) is 28.6 Å². The average molecular weight is 509 g/mol. The molecular formula is C29H36N2O4S. The molecule has 7 heteroatoms. The van der Waals surface area contributed by atoms with Gasteiger partial charge in [0, 0.05) is 18.9 Å². The van der Waals surface area contributed by atoms with Gasteiger partial charge in [0.15, 0.2) is 16.7 Å². The highest BCUT2D eigenvalue weighted by Crippen LogP contribution is 2.67. The van der Waals surface area contributed by atoms with Gasteiger partial charge in [0.25, 0.3) is 0 Å². The number of Topliss-reactive ketones (excluding diaryl/α,β-unsaturated/α-hetero) is 1. The van der Waals surface area contributed by atoms with Gasteiger partial charge in [-0.15, -0.1) is 0 Å². The lowest BCUT2D eigenvalue weighted by Gasteiger charge is -2.60. The van der Waals surface area contributed by atoms with E-state index in [1.54, 1.807) is 0 Å². The molecule has 3 saturated carbocycles. The zero-order valence-electron chi connectivity index (χ0n) is 21.4. The Labute approximate surface area is 216 Å². The summed E-state index contributed by atoms with van der Waals surface area (Å²) in [4.78, 5) is 30.5. The van der Waals surface area contributed by atoms with E-state index in [0.717, 1.165) is 41.9 Å². The standard InChI is InChI=1S/C29H36N2O4S/c1-27-12-10-18(32)14-17(27)8-9-19-20-11-13-29(35,28(20,2)15-23(33)25(19)27)24(34)16-36-26-30-21-6-4-5-7-22(21)31(26)3/h4-7,14,19-20,23,25,33,35H,8-13,15-16H2,1-3H3/t19?,20?,23?,25?,27?,28?,29-/m0/s1. The van der Waals surface area contributed by atoms with Crippen molar-refractivity contribution >= 4 is 34.4 Å². The van der Waals surface area contributed by atoms with Crippen molar-refractivity contribution in [2.24, 2.45) is 35.6 Å². The summed E-state index contributed by atoms with van der Waals surface area (Å²) >= 11 is 1.38. The van der Waals surface area contributed by atoms with Gasteiger partial charge in [-0.25, -0.2) is 4.98 Å². The Morgan fingerprint density at radius 3 is 2.75 bits per heavy atom. The number of rotatable bonds is 4. The predicted octanol–water partition coefficient (Wildman–Crippen LogP) is 4.47. The number of carbonyl (C=O) groups excluding carboxylic acids is 2. The minimum absolute atomic E-state index is 0.0792. The molecular weight excluding hydrogens is 472 g/mol. The molecule has 1 aromatic heterocycles. The van der Waals surface area contributed by atoms with Crippen LogP contribution in [0.5, 0.6) is 0 Å². The largest absolute Gasteiger partial charge is 0.393 e. The van der Waals surface area contributed by atoms with Gasteiger partial charge in [-0.05, 0) is 79.9 Å². The van der Waals surface area contributed by atoms with Crippen molar-refractivity contribution in [2.75, 3.05) is 5.75 Å². The van der Waals surface area contributed by atoms with E-state index >= 15 is 0 Å². The van der Waals surface area contributed by atoms with Crippen LogP contribution in [0.1, 0.15) is 58.8 Å². The van der Waals surface area contributed by atoms with Gasteiger partial charge in [-0.1, -0.05) is 43.3 Å². The van der Waals surface area contributed by atoms with Crippen LogP contribution in [0.25, 0.3) is 11.0 Å². The third kappa shape index (κ3) is 3.28. The lowest BCUT2D eigenvalue weighted by molar-refractivity contribution is -0.178. The van der Waals surface area contributed by atoms with E-state index in [4.69, 9.17) is 0 Å². The molecule has 4 aliphatic rings. The molecule has 36 heavy (non-hydrogen) atoms. The predicted molar refractivity (Wildman–Crippen MR) is 139 cm³/mol. The second kappa shape index (κ2) is 8.27. The highest BCUT2D eigenvalue weighted by molar-refractivity contribution is 7.99. The van der Waals surface area contributed by atoms with E-state index in [1.807, 2.05) is 48.9 Å². The van der Waals surface area contributed by atoms with Crippen molar-refractivity contribution in [1.29, 1.82) is 0 Å². The average Bonchev–Trinajstić information content (AvgIpc) is 3.31. The van der Waals surface area contributed by atoms with E-state index in [0.29, 0.717) is 19.3 Å². The molecule has 6 rings (SSSR count). The molecule has 1 heterocycles. The molecule has 2 aromatic rings. The summed E-state index contributed by atoms with van der Waals surface area (Å²) in [6, 6.07) is 7.90. The SMILES string of the molecule is Cn1c(SCC(=O)[C@@]2(O)CCC3C4CCC5=CC(=O)CCC5(C)C4C(O)CC32C)nc2ccccc21. The van der Waals surface area contributed by atoms with Crippen LogP contribution in [0.4, 0.5) is 0 Å². The van der Waals surface area contributed by atoms with E-state index < -0.39 is 17.1 Å². The van der Waals surface area contributed by atoms with Crippen molar-refractivity contribution in [3.8, 4) is 0 Å². The summed E-state index contributed by atoms with van der Waals surface area (Å²) < 4.78 is 1.99. The molecule has 6 unspecified atom stereocenters. The number of imidazole rings is 1. The normalized spacial score (nSPS) is 39.9. The Morgan fingerprint density at radius 1 is 1.19 bits per heavy atom. The van der Waals surface area contributed by atoms with Crippen molar-refractivity contribution in [1.82, 2.24) is 9.55 Å². The van der Waals surface area contributed by atoms with Crippen LogP contribution in [0.15, 0.2) is 41.1 Å². The third-order valence-electron chi connectivity index (χ3n) is 10.6. The zero-order valence-corrected chi connectivity index (χ0v) is 22.2. The van der Waals surface area contributed by atoms with Crippen LogP contribution >= 0.6 is 11.8 Å². The first-order chi connectivity index (χ1) is 17.1. The van der Waals surface area contributed by atoms with Crippen LogP contribution in [-0.4, -0.2) is 48.8 Å². The molecule has 2 N–H and O–H groups in total. The number of para-hydroxylation sites is 2. The van der Waals surface area contributed by atoms with E-state index in [-0.39, 0.29) is 40.5 Å². The summed E-state index contributed by atoms with van der Waals surface area (Å²) in [5, 5.41) is 24.3. The third-order valence-corrected chi connectivity index (χ3v) is 11.6. The van der Waals surface area contributed by atoms with Gasteiger partial charge in [-0.2, -0.15) is 0 Å². The molecule has 3 fully saturated rings. The Morgan fingerprint density at radius 2 is 1.97 bits per heavy atom. The van der Waals surface area contributed by atoms with Gasteiger partial charge < -0.3 is 14.8 Å². The zero-order chi connectivity index (χ0) is 25.5. The Kier molecular flexibility index (Phi) is 5.60. The number of fused-ring (bicyclic) bond motifs is 6. The molecule has 0 spiro atoms. The second-order valence-electron chi connectivity index (χ2n) is 12.1. The Bertz CT molecular complexity index is 1290. The molecule has 7 atom stereocenters. The molecule has 0 amide bonds. The van der Waals surface area contributed by atoms with Crippen LogP contribution < -0.4 is 0 Å². The summed E-state index contributed by atoms with van der Waals surface area (Å²) in [5.41, 5.74) is 0.847. The number of carbonyl (C=O) groups is 2. The van der Waals surface area contributed by atoms with E-state index in [2.05, 4.69) is 11.9 Å². The molecule has 4 aliphatic carbocycles. The number of aromatic nitrogens is 2. The van der Waals surface area contributed by atoms with Crippen LogP contribution in [0.2, 0.25) is 0 Å². The maximum Gasteiger partial charge on any atom is 0.175 e. The second-order valence-corrected chi connectivity index (χ2v) is 13.1. The number of thioether (sulfide) groups is 1.